The van der Waals surface area contributed by atoms with E-state index in [-0.39, 0.29) is 0 Å². The maximum Gasteiger partial charge on any atom is 0.0604 e. The SMILES string of the molecule is CC[C@@H]1O[C@H](C)[C@@H](C)[C@H](C)[C@H]1C. The molecule has 1 nitrogen and oxygen atoms in total. The molecule has 1 heteroatoms. The number of rotatable bonds is 1. The van der Waals surface area contributed by atoms with E-state index in [9.17, 15) is 0 Å². The first kappa shape index (κ1) is 10.0. The van der Waals surface area contributed by atoms with E-state index < -0.39 is 0 Å². The Hall–Kier alpha value is -0.0400. The Morgan fingerprint density at radius 3 is 2.00 bits per heavy atom. The Kier molecular flexibility index (Phi) is 3.16. The second-order valence-electron chi connectivity index (χ2n) is 4.37. The van der Waals surface area contributed by atoms with E-state index in [0.29, 0.717) is 18.1 Å². The van der Waals surface area contributed by atoms with Gasteiger partial charge in [0.05, 0.1) is 12.2 Å². The quantitative estimate of drug-likeness (QED) is 0.587. The van der Waals surface area contributed by atoms with Gasteiger partial charge in [0, 0.05) is 0 Å². The molecule has 0 aromatic rings. The average Bonchev–Trinajstić information content (AvgIpc) is 2.08. The normalized spacial score (nSPS) is 49.2. The standard InChI is InChI=1S/C11H22O/c1-6-11-9(4)7(2)8(3)10(5)12-11/h7-11H,6H2,1-5H3/t7-,8-,9+,10+,11-/m0/s1. The van der Waals surface area contributed by atoms with Gasteiger partial charge in [-0.1, -0.05) is 27.7 Å². The lowest BCUT2D eigenvalue weighted by molar-refractivity contribution is -0.125. The highest BCUT2D eigenvalue weighted by Gasteiger charge is 2.35. The lowest BCUT2D eigenvalue weighted by Crippen LogP contribution is -2.42. The first-order valence-electron chi connectivity index (χ1n) is 5.23. The zero-order valence-electron chi connectivity index (χ0n) is 9.00. The predicted molar refractivity (Wildman–Crippen MR) is 52.1 cm³/mol. The van der Waals surface area contributed by atoms with Crippen LogP contribution >= 0.6 is 0 Å². The summed E-state index contributed by atoms with van der Waals surface area (Å²) in [7, 11) is 0. The van der Waals surface area contributed by atoms with Crippen molar-refractivity contribution in [1.82, 2.24) is 0 Å². The maximum atomic E-state index is 5.93. The third-order valence-corrected chi connectivity index (χ3v) is 3.78. The largest absolute Gasteiger partial charge is 0.375 e. The number of ether oxygens (including phenoxy) is 1. The molecule has 1 heterocycles. The number of hydrogen-bond acceptors (Lipinski definition) is 1. The van der Waals surface area contributed by atoms with Crippen LogP contribution in [0.5, 0.6) is 0 Å². The van der Waals surface area contributed by atoms with Crippen molar-refractivity contribution < 1.29 is 4.74 Å². The molecule has 1 rings (SSSR count). The Morgan fingerprint density at radius 1 is 0.917 bits per heavy atom. The summed E-state index contributed by atoms with van der Waals surface area (Å²) in [6.07, 6.45) is 2.09. The molecule has 72 valence electrons. The molecule has 0 N–H and O–H groups in total. The molecule has 1 fully saturated rings. The summed E-state index contributed by atoms with van der Waals surface area (Å²) < 4.78 is 5.93. The van der Waals surface area contributed by atoms with Gasteiger partial charge in [-0.05, 0) is 31.1 Å². The molecule has 0 radical (unpaired) electrons. The van der Waals surface area contributed by atoms with Crippen LogP contribution in [0.3, 0.4) is 0 Å². The minimum absolute atomic E-state index is 0.446. The molecule has 1 aliphatic rings. The molecule has 1 aliphatic heterocycles. The summed E-state index contributed by atoms with van der Waals surface area (Å²) in [4.78, 5) is 0. The van der Waals surface area contributed by atoms with Crippen LogP contribution in [-0.4, -0.2) is 12.2 Å². The van der Waals surface area contributed by atoms with Crippen molar-refractivity contribution in [2.75, 3.05) is 0 Å². The van der Waals surface area contributed by atoms with Crippen LogP contribution in [-0.2, 0) is 4.74 Å². The van der Waals surface area contributed by atoms with Crippen molar-refractivity contribution in [3.63, 3.8) is 0 Å². The van der Waals surface area contributed by atoms with Crippen molar-refractivity contribution in [2.24, 2.45) is 17.8 Å². The molecule has 0 aromatic heterocycles. The van der Waals surface area contributed by atoms with Crippen LogP contribution in [0.25, 0.3) is 0 Å². The summed E-state index contributed by atoms with van der Waals surface area (Å²) in [5, 5.41) is 0. The highest BCUT2D eigenvalue weighted by Crippen LogP contribution is 2.35. The second kappa shape index (κ2) is 3.78. The van der Waals surface area contributed by atoms with Gasteiger partial charge in [-0.3, -0.25) is 0 Å². The monoisotopic (exact) mass is 170 g/mol. The molecule has 0 aliphatic carbocycles. The highest BCUT2D eigenvalue weighted by molar-refractivity contribution is 4.83. The van der Waals surface area contributed by atoms with E-state index in [0.717, 1.165) is 18.3 Å². The van der Waals surface area contributed by atoms with Gasteiger partial charge in [-0.2, -0.15) is 0 Å². The zero-order chi connectivity index (χ0) is 9.30. The van der Waals surface area contributed by atoms with Crippen molar-refractivity contribution >= 4 is 0 Å². The topological polar surface area (TPSA) is 9.23 Å². The van der Waals surface area contributed by atoms with Gasteiger partial charge in [0.15, 0.2) is 0 Å². The fraction of sp³-hybridized carbons (Fsp3) is 1.00. The third-order valence-electron chi connectivity index (χ3n) is 3.78. The van der Waals surface area contributed by atoms with Gasteiger partial charge in [-0.15, -0.1) is 0 Å². The molecule has 0 spiro atoms. The van der Waals surface area contributed by atoms with Crippen LogP contribution < -0.4 is 0 Å². The lowest BCUT2D eigenvalue weighted by Gasteiger charge is -2.42. The van der Waals surface area contributed by atoms with Gasteiger partial charge in [0.2, 0.25) is 0 Å². The molecule has 0 bridgehead atoms. The molecule has 0 unspecified atom stereocenters. The molecular weight excluding hydrogens is 148 g/mol. The predicted octanol–water partition coefficient (Wildman–Crippen LogP) is 3.09. The lowest BCUT2D eigenvalue weighted by atomic mass is 9.76. The van der Waals surface area contributed by atoms with Crippen molar-refractivity contribution in [2.45, 2.75) is 53.2 Å². The van der Waals surface area contributed by atoms with Gasteiger partial charge in [-0.25, -0.2) is 0 Å². The Balaban J connectivity index is 2.63. The highest BCUT2D eigenvalue weighted by atomic mass is 16.5. The molecular formula is C11H22O. The summed E-state index contributed by atoms with van der Waals surface area (Å²) in [6, 6.07) is 0. The van der Waals surface area contributed by atoms with Crippen molar-refractivity contribution in [3.05, 3.63) is 0 Å². The van der Waals surface area contributed by atoms with Gasteiger partial charge in [0.1, 0.15) is 0 Å². The second-order valence-corrected chi connectivity index (χ2v) is 4.37. The fourth-order valence-electron chi connectivity index (χ4n) is 2.24. The zero-order valence-corrected chi connectivity index (χ0v) is 9.00. The molecule has 0 aromatic carbocycles. The molecule has 12 heavy (non-hydrogen) atoms. The Morgan fingerprint density at radius 2 is 1.50 bits per heavy atom. The first-order chi connectivity index (χ1) is 5.57. The average molecular weight is 170 g/mol. The van der Waals surface area contributed by atoms with E-state index in [1.807, 2.05) is 0 Å². The molecule has 1 saturated heterocycles. The van der Waals surface area contributed by atoms with Crippen LogP contribution in [0.4, 0.5) is 0 Å². The maximum absolute atomic E-state index is 5.93. The van der Waals surface area contributed by atoms with E-state index in [1.54, 1.807) is 0 Å². The summed E-state index contributed by atoms with van der Waals surface area (Å²) in [6.45, 7) is 11.4. The summed E-state index contributed by atoms with van der Waals surface area (Å²) >= 11 is 0. The third kappa shape index (κ3) is 1.66. The Bertz CT molecular complexity index is 139. The van der Waals surface area contributed by atoms with Gasteiger partial charge < -0.3 is 4.74 Å². The van der Waals surface area contributed by atoms with Crippen LogP contribution in [0.1, 0.15) is 41.0 Å². The minimum atomic E-state index is 0.446. The van der Waals surface area contributed by atoms with Gasteiger partial charge >= 0.3 is 0 Å². The van der Waals surface area contributed by atoms with Gasteiger partial charge in [0.25, 0.3) is 0 Å². The van der Waals surface area contributed by atoms with E-state index in [4.69, 9.17) is 4.74 Å². The first-order valence-corrected chi connectivity index (χ1v) is 5.23. The molecule has 5 atom stereocenters. The van der Waals surface area contributed by atoms with E-state index in [1.165, 1.54) is 0 Å². The summed E-state index contributed by atoms with van der Waals surface area (Å²) in [5.41, 5.74) is 0. The Labute approximate surface area is 76.5 Å². The fourth-order valence-corrected chi connectivity index (χ4v) is 2.24. The smallest absolute Gasteiger partial charge is 0.0604 e. The van der Waals surface area contributed by atoms with Crippen molar-refractivity contribution in [3.8, 4) is 0 Å². The van der Waals surface area contributed by atoms with E-state index >= 15 is 0 Å². The van der Waals surface area contributed by atoms with Crippen LogP contribution in [0.2, 0.25) is 0 Å². The van der Waals surface area contributed by atoms with Crippen molar-refractivity contribution in [1.29, 1.82) is 0 Å². The minimum Gasteiger partial charge on any atom is -0.375 e. The number of hydrogen-bond donors (Lipinski definition) is 0. The van der Waals surface area contributed by atoms with Crippen LogP contribution in [0.15, 0.2) is 0 Å². The molecule has 0 saturated carbocycles. The molecule has 0 amide bonds. The van der Waals surface area contributed by atoms with E-state index in [2.05, 4.69) is 34.6 Å². The van der Waals surface area contributed by atoms with Crippen LogP contribution in [0, 0.1) is 17.8 Å². The summed E-state index contributed by atoms with van der Waals surface area (Å²) in [5.74, 6) is 2.24.